The molecule has 7 nitrogen and oxygen atoms in total. The average molecular weight is 331 g/mol. The maximum Gasteiger partial charge on any atom is 0.224 e. The first-order valence-electron chi connectivity index (χ1n) is 6.87. The van der Waals surface area contributed by atoms with Crippen LogP contribution in [0.15, 0.2) is 30.7 Å². The van der Waals surface area contributed by atoms with E-state index < -0.39 is 0 Å². The molecule has 3 rings (SSSR count). The summed E-state index contributed by atoms with van der Waals surface area (Å²) in [7, 11) is 3.42. The van der Waals surface area contributed by atoms with Crippen LogP contribution in [0.3, 0.4) is 0 Å². The third-order valence-electron chi connectivity index (χ3n) is 3.26. The van der Waals surface area contributed by atoms with Gasteiger partial charge in [-0.15, -0.1) is 0 Å². The number of hydrogen-bond acceptors (Lipinski definition) is 6. The van der Waals surface area contributed by atoms with E-state index in [4.69, 9.17) is 16.3 Å². The van der Waals surface area contributed by atoms with Crippen molar-refractivity contribution in [1.82, 2.24) is 24.7 Å². The molecule has 1 N–H and O–H groups in total. The largest absolute Gasteiger partial charge is 0.494 e. The number of nitrogens with zero attached hydrogens (tertiary/aromatic N) is 5. The van der Waals surface area contributed by atoms with Crippen molar-refractivity contribution < 1.29 is 4.74 Å². The molecule has 0 aliphatic heterocycles. The van der Waals surface area contributed by atoms with Gasteiger partial charge in [0.2, 0.25) is 5.28 Å². The lowest BCUT2D eigenvalue weighted by molar-refractivity contribution is 0.418. The molecule has 0 saturated carbocycles. The van der Waals surface area contributed by atoms with Crippen LogP contribution in [0, 0.1) is 6.92 Å². The van der Waals surface area contributed by atoms with E-state index in [2.05, 4.69) is 25.4 Å². The molecule has 0 fully saturated rings. The Labute approximate surface area is 138 Å². The summed E-state index contributed by atoms with van der Waals surface area (Å²) < 4.78 is 7.20. The predicted octanol–water partition coefficient (Wildman–Crippen LogP) is 2.99. The molecule has 2 heterocycles. The molecular formula is C15H15ClN6O. The number of aryl methyl sites for hydroxylation is 2. The van der Waals surface area contributed by atoms with E-state index in [-0.39, 0.29) is 5.28 Å². The summed E-state index contributed by atoms with van der Waals surface area (Å²) in [4.78, 5) is 12.4. The number of methoxy groups -OCH3 is 1. The summed E-state index contributed by atoms with van der Waals surface area (Å²) in [6, 6.07) is 5.69. The number of aromatic nitrogens is 5. The monoisotopic (exact) mass is 330 g/mol. The van der Waals surface area contributed by atoms with Gasteiger partial charge in [0.25, 0.3) is 0 Å². The van der Waals surface area contributed by atoms with Gasteiger partial charge in [0.15, 0.2) is 11.6 Å². The number of anilines is 2. The minimum atomic E-state index is 0.180. The highest BCUT2D eigenvalue weighted by Crippen LogP contribution is 2.36. The second-order valence-corrected chi connectivity index (χ2v) is 5.26. The van der Waals surface area contributed by atoms with Crippen LogP contribution in [-0.4, -0.2) is 31.8 Å². The van der Waals surface area contributed by atoms with Crippen LogP contribution < -0.4 is 10.1 Å². The van der Waals surface area contributed by atoms with Crippen molar-refractivity contribution in [2.75, 3.05) is 12.4 Å². The molecule has 118 valence electrons. The molecular weight excluding hydrogens is 316 g/mol. The predicted molar refractivity (Wildman–Crippen MR) is 88.1 cm³/mol. The lowest BCUT2D eigenvalue weighted by atomic mass is 10.1. The fraction of sp³-hybridized carbons (Fsp3) is 0.200. The molecule has 0 spiro atoms. The van der Waals surface area contributed by atoms with Gasteiger partial charge in [-0.3, -0.25) is 4.68 Å². The fourth-order valence-corrected chi connectivity index (χ4v) is 2.30. The van der Waals surface area contributed by atoms with Gasteiger partial charge in [-0.2, -0.15) is 5.10 Å². The summed E-state index contributed by atoms with van der Waals surface area (Å²) >= 11 is 5.87. The summed E-state index contributed by atoms with van der Waals surface area (Å²) in [5, 5.41) is 7.73. The van der Waals surface area contributed by atoms with Crippen molar-refractivity contribution in [3.05, 3.63) is 41.6 Å². The third-order valence-corrected chi connectivity index (χ3v) is 3.44. The van der Waals surface area contributed by atoms with E-state index in [1.165, 1.54) is 0 Å². The molecule has 2 aromatic heterocycles. The van der Waals surface area contributed by atoms with E-state index in [0.717, 1.165) is 16.8 Å². The first kappa shape index (κ1) is 15.2. The summed E-state index contributed by atoms with van der Waals surface area (Å²) in [6.07, 6.45) is 3.30. The molecule has 0 aliphatic carbocycles. The summed E-state index contributed by atoms with van der Waals surface area (Å²) in [6.45, 7) is 1.90. The molecule has 0 atom stereocenters. The van der Waals surface area contributed by atoms with Crippen LogP contribution in [0.5, 0.6) is 5.75 Å². The van der Waals surface area contributed by atoms with E-state index in [1.807, 2.05) is 32.2 Å². The number of rotatable bonds is 4. The molecule has 1 aromatic carbocycles. The second-order valence-electron chi connectivity index (χ2n) is 4.92. The minimum absolute atomic E-state index is 0.180. The van der Waals surface area contributed by atoms with Gasteiger partial charge >= 0.3 is 0 Å². The van der Waals surface area contributed by atoms with Gasteiger partial charge in [0.05, 0.1) is 18.4 Å². The molecule has 0 unspecified atom stereocenters. The van der Waals surface area contributed by atoms with Crippen LogP contribution in [-0.2, 0) is 7.05 Å². The van der Waals surface area contributed by atoms with E-state index in [1.54, 1.807) is 24.3 Å². The van der Waals surface area contributed by atoms with E-state index in [9.17, 15) is 0 Å². The molecule has 23 heavy (non-hydrogen) atoms. The smallest absolute Gasteiger partial charge is 0.224 e. The van der Waals surface area contributed by atoms with Crippen molar-refractivity contribution in [3.63, 3.8) is 0 Å². The van der Waals surface area contributed by atoms with Gasteiger partial charge in [-0.05, 0) is 30.7 Å². The van der Waals surface area contributed by atoms with Crippen LogP contribution >= 0.6 is 11.6 Å². The number of hydrogen-bond donors (Lipinski definition) is 1. The minimum Gasteiger partial charge on any atom is -0.494 e. The van der Waals surface area contributed by atoms with Crippen molar-refractivity contribution in [2.24, 2.45) is 7.05 Å². The van der Waals surface area contributed by atoms with Gasteiger partial charge in [0.1, 0.15) is 12.1 Å². The maximum atomic E-state index is 5.87. The Balaban J connectivity index is 2.04. The average Bonchev–Trinajstić information content (AvgIpc) is 2.97. The van der Waals surface area contributed by atoms with Crippen molar-refractivity contribution in [1.29, 1.82) is 0 Å². The fourth-order valence-electron chi connectivity index (χ4n) is 2.17. The van der Waals surface area contributed by atoms with E-state index in [0.29, 0.717) is 17.4 Å². The Morgan fingerprint density at radius 2 is 2.09 bits per heavy atom. The zero-order chi connectivity index (χ0) is 16.4. The number of halogens is 1. The highest BCUT2D eigenvalue weighted by molar-refractivity contribution is 6.28. The quantitative estimate of drug-likeness (QED) is 0.741. The number of para-hydroxylation sites is 1. The lowest BCUT2D eigenvalue weighted by Crippen LogP contribution is -2.01. The first-order valence-corrected chi connectivity index (χ1v) is 7.25. The number of ether oxygens (including phenoxy) is 1. The van der Waals surface area contributed by atoms with Gasteiger partial charge in [0, 0.05) is 18.8 Å². The highest BCUT2D eigenvalue weighted by Gasteiger charge is 2.15. The number of nitrogens with one attached hydrogen (secondary N) is 1. The van der Waals surface area contributed by atoms with Gasteiger partial charge < -0.3 is 10.1 Å². The zero-order valence-corrected chi connectivity index (χ0v) is 13.7. The first-order chi connectivity index (χ1) is 11.1. The topological polar surface area (TPSA) is 77.8 Å². The standard InChI is InChI=1S/C15H15ClN6O/c1-9-7-17-15(16)20-13(9)19-11-6-4-5-10(12(11)23-3)14-18-8-22(2)21-14/h4-8H,1-3H3,(H,17,19,20). The summed E-state index contributed by atoms with van der Waals surface area (Å²) in [5.41, 5.74) is 2.41. The molecule has 0 radical (unpaired) electrons. The highest BCUT2D eigenvalue weighted by atomic mass is 35.5. The normalized spacial score (nSPS) is 10.6. The summed E-state index contributed by atoms with van der Waals surface area (Å²) in [5.74, 6) is 1.84. The van der Waals surface area contributed by atoms with E-state index >= 15 is 0 Å². The lowest BCUT2D eigenvalue weighted by Gasteiger charge is -2.14. The van der Waals surface area contributed by atoms with Crippen LogP contribution in [0.1, 0.15) is 5.56 Å². The molecule has 0 amide bonds. The van der Waals surface area contributed by atoms with Gasteiger partial charge in [-0.25, -0.2) is 15.0 Å². The Bertz CT molecular complexity index is 848. The molecule has 0 saturated heterocycles. The molecule has 3 aromatic rings. The number of benzene rings is 1. The SMILES string of the molecule is COc1c(Nc2nc(Cl)ncc2C)cccc1-c1ncn(C)n1. The Hall–Kier alpha value is -2.67. The van der Waals surface area contributed by atoms with Crippen LogP contribution in [0.25, 0.3) is 11.4 Å². The van der Waals surface area contributed by atoms with Crippen molar-refractivity contribution in [2.45, 2.75) is 6.92 Å². The molecule has 0 bridgehead atoms. The maximum absolute atomic E-state index is 5.87. The van der Waals surface area contributed by atoms with Crippen molar-refractivity contribution in [3.8, 4) is 17.1 Å². The Kier molecular flexibility index (Phi) is 4.12. The van der Waals surface area contributed by atoms with Crippen molar-refractivity contribution >= 4 is 23.1 Å². The second kappa shape index (κ2) is 6.21. The Morgan fingerprint density at radius 3 is 2.78 bits per heavy atom. The third kappa shape index (κ3) is 3.09. The van der Waals surface area contributed by atoms with Crippen LogP contribution in [0.4, 0.5) is 11.5 Å². The van der Waals surface area contributed by atoms with Gasteiger partial charge in [-0.1, -0.05) is 6.07 Å². The zero-order valence-electron chi connectivity index (χ0n) is 12.9. The molecule has 8 heteroatoms. The Morgan fingerprint density at radius 1 is 1.26 bits per heavy atom. The molecule has 0 aliphatic rings. The van der Waals surface area contributed by atoms with Crippen LogP contribution in [0.2, 0.25) is 5.28 Å².